The van der Waals surface area contributed by atoms with Crippen LogP contribution in [0.5, 0.6) is 34.5 Å². The fourth-order valence-electron chi connectivity index (χ4n) is 10.2. The monoisotopic (exact) mass is 1340 g/mol. The number of hydrogen-bond donors (Lipinski definition) is 7. The summed E-state index contributed by atoms with van der Waals surface area (Å²) in [6.07, 6.45) is -15.3. The number of phenols is 4. The highest BCUT2D eigenvalue weighted by molar-refractivity contribution is 7.23. The molecule has 0 bridgehead atoms. The Bertz CT molecular complexity index is 3870. The van der Waals surface area contributed by atoms with Crippen molar-refractivity contribution >= 4 is 72.3 Å². The van der Waals surface area contributed by atoms with Gasteiger partial charge in [-0.1, -0.05) is 25.7 Å². The number of alkyl halides is 10. The van der Waals surface area contributed by atoms with Gasteiger partial charge < -0.3 is 45.2 Å². The summed E-state index contributed by atoms with van der Waals surface area (Å²) in [6.45, 7) is 0.439. The van der Waals surface area contributed by atoms with Crippen LogP contribution in [0.25, 0.3) is 41.1 Å². The Hall–Kier alpha value is -8.91. The number of carbonyl (C=O) groups is 5. The van der Waals surface area contributed by atoms with Crippen LogP contribution in [-0.4, -0.2) is 103 Å². The van der Waals surface area contributed by atoms with Crippen LogP contribution in [-0.2, 0) is 14.4 Å². The average molecular weight is 1350 g/mol. The fourth-order valence-corrected chi connectivity index (χ4v) is 12.7. The number of carboxylic acid groups (broad SMARTS) is 3. The topological polar surface area (TPSA) is 245 Å². The number of halogens is 10. The first-order valence-corrected chi connectivity index (χ1v) is 30.7. The first kappa shape index (κ1) is 71.5. The number of fused-ring (bicyclic) bond motifs is 2. The van der Waals surface area contributed by atoms with Crippen LogP contribution in [0.15, 0.2) is 133 Å². The Balaban J connectivity index is 0.000000264. The number of unbranched alkanes of at least 4 members (excludes halogenated alkanes) is 4. The molecule has 2 heterocycles. The molecule has 0 aliphatic carbocycles. The predicted octanol–water partition coefficient (Wildman–Crippen LogP) is 17.9. The van der Waals surface area contributed by atoms with Gasteiger partial charge in [-0.15, -0.1) is 22.7 Å². The number of hydrogen-bond acceptors (Lipinski definition) is 13. The van der Waals surface area contributed by atoms with E-state index >= 15 is 0 Å². The quantitative estimate of drug-likeness (QED) is 0.00925. The normalized spacial score (nSPS) is 12.5. The molecule has 7 N–H and O–H groups in total. The molecule has 14 nitrogen and oxygen atoms in total. The van der Waals surface area contributed by atoms with E-state index < -0.39 is 92.0 Å². The first-order chi connectivity index (χ1) is 43.8. The van der Waals surface area contributed by atoms with Gasteiger partial charge in [0, 0.05) is 65.0 Å². The van der Waals surface area contributed by atoms with E-state index in [1.807, 2.05) is 0 Å². The molecule has 1 atom stereocenters. The molecule has 93 heavy (non-hydrogen) atoms. The van der Waals surface area contributed by atoms with E-state index in [0.717, 1.165) is 10.3 Å². The number of aliphatic carboxylic acids is 3. The number of carboxylic acids is 3. The molecule has 8 rings (SSSR count). The molecule has 0 aliphatic heterocycles. The zero-order chi connectivity index (χ0) is 68.1. The summed E-state index contributed by atoms with van der Waals surface area (Å²) in [5.41, 5.74) is 0.648. The van der Waals surface area contributed by atoms with Crippen LogP contribution in [0.2, 0.25) is 0 Å². The van der Waals surface area contributed by atoms with Gasteiger partial charge >= 0.3 is 42.1 Å². The number of benzene rings is 6. The van der Waals surface area contributed by atoms with Crippen molar-refractivity contribution in [2.45, 2.75) is 114 Å². The molecule has 0 aliphatic rings. The minimum Gasteiger partial charge on any atom is -0.508 e. The molecule has 8 aromatic rings. The number of phenolic OH excluding ortho intramolecular Hbond substituents is 4. The Morgan fingerprint density at radius 1 is 0.409 bits per heavy atom. The summed E-state index contributed by atoms with van der Waals surface area (Å²) in [6, 6.07) is 35.4. The third kappa shape index (κ3) is 18.2. The summed E-state index contributed by atoms with van der Waals surface area (Å²) in [4.78, 5) is 63.8. The molecule has 0 fully saturated rings. The van der Waals surface area contributed by atoms with E-state index in [0.29, 0.717) is 103 Å². The van der Waals surface area contributed by atoms with Crippen molar-refractivity contribution in [3.05, 3.63) is 156 Å². The number of carbonyl (C=O) groups excluding carboxylic acids is 2. The van der Waals surface area contributed by atoms with Crippen molar-refractivity contribution in [1.29, 1.82) is 0 Å². The maximum absolute atomic E-state index is 13.7. The zero-order valence-electron chi connectivity index (χ0n) is 49.2. The third-order valence-electron chi connectivity index (χ3n) is 15.4. The largest absolute Gasteiger partial charge is 0.508 e. The van der Waals surface area contributed by atoms with Crippen LogP contribution >= 0.6 is 22.7 Å². The summed E-state index contributed by atoms with van der Waals surface area (Å²) < 4.78 is 140. The molecule has 0 spiro atoms. The van der Waals surface area contributed by atoms with E-state index in [-0.39, 0.29) is 60.4 Å². The minimum absolute atomic E-state index is 0.0425. The van der Waals surface area contributed by atoms with E-state index in [1.54, 1.807) is 97.1 Å². The molecule has 1 unspecified atom stereocenters. The average Bonchev–Trinajstić information content (AvgIpc) is 1.64. The number of aromatic hydroxyl groups is 4. The lowest BCUT2D eigenvalue weighted by molar-refractivity contribution is -0.284. The van der Waals surface area contributed by atoms with E-state index in [2.05, 4.69) is 0 Å². The van der Waals surface area contributed by atoms with Crippen molar-refractivity contribution in [3.8, 4) is 55.4 Å². The second kappa shape index (κ2) is 30.7. The molecular formula is C67H62F10O14S2. The van der Waals surface area contributed by atoms with Crippen LogP contribution in [0.4, 0.5) is 43.9 Å². The SMILES string of the molecule is O=C(c1ccc(OCCCCCC(CCCC(F)(F)C(F)(F)F)(C(=O)O)C(=O)O)cc1)c1c(-c2ccc(O)cc2)sc2cc(O)ccc12.O=C(c1ccc(OCCCCCC(CCCC(F)(F)C(F)(F)F)C(=O)O)cc1)c1c(-c2ccc(O)cc2)sc2cc(O)ccc12. The second-order valence-corrected chi connectivity index (χ2v) is 24.1. The molecular weight excluding hydrogens is 1280 g/mol. The maximum Gasteiger partial charge on any atom is 0.453 e. The third-order valence-corrected chi connectivity index (χ3v) is 17.8. The highest BCUT2D eigenvalue weighted by atomic mass is 32.1. The van der Waals surface area contributed by atoms with Crippen LogP contribution < -0.4 is 9.47 Å². The fraction of sp³-hybridized carbons (Fsp3) is 0.328. The Labute approximate surface area is 532 Å². The maximum atomic E-state index is 13.7. The molecule has 496 valence electrons. The van der Waals surface area contributed by atoms with Crippen LogP contribution in [0, 0.1) is 11.3 Å². The van der Waals surface area contributed by atoms with Gasteiger partial charge in [0.05, 0.1) is 19.1 Å². The van der Waals surface area contributed by atoms with Crippen LogP contribution in [0.1, 0.15) is 122 Å². The minimum atomic E-state index is -5.82. The van der Waals surface area contributed by atoms with Gasteiger partial charge in [0.15, 0.2) is 17.0 Å². The van der Waals surface area contributed by atoms with Gasteiger partial charge in [0.2, 0.25) is 0 Å². The lowest BCUT2D eigenvalue weighted by atomic mass is 9.78. The van der Waals surface area contributed by atoms with Gasteiger partial charge in [0.25, 0.3) is 0 Å². The molecule has 0 amide bonds. The lowest BCUT2D eigenvalue weighted by Crippen LogP contribution is -2.41. The van der Waals surface area contributed by atoms with Crippen molar-refractivity contribution in [2.75, 3.05) is 13.2 Å². The Kier molecular flexibility index (Phi) is 23.6. The highest BCUT2D eigenvalue weighted by Crippen LogP contribution is 2.46. The molecule has 0 saturated heterocycles. The van der Waals surface area contributed by atoms with Gasteiger partial charge in [0.1, 0.15) is 34.5 Å². The Morgan fingerprint density at radius 3 is 1.16 bits per heavy atom. The van der Waals surface area contributed by atoms with E-state index in [1.165, 1.54) is 59.1 Å². The molecule has 0 radical (unpaired) electrons. The smallest absolute Gasteiger partial charge is 0.453 e. The van der Waals surface area contributed by atoms with Crippen molar-refractivity contribution < 1.29 is 113 Å². The van der Waals surface area contributed by atoms with Crippen LogP contribution in [0.3, 0.4) is 0 Å². The first-order valence-electron chi connectivity index (χ1n) is 29.1. The molecule has 2 aromatic heterocycles. The highest BCUT2D eigenvalue weighted by Gasteiger charge is 2.58. The van der Waals surface area contributed by atoms with Gasteiger partial charge in [-0.3, -0.25) is 24.0 Å². The molecule has 0 saturated carbocycles. The number of thiophene rings is 2. The summed E-state index contributed by atoms with van der Waals surface area (Å²) in [5.74, 6) is -15.0. The van der Waals surface area contributed by atoms with E-state index in [4.69, 9.17) is 9.47 Å². The standard InChI is InChI=1S/C34H31F5O8S.C33H31F5O6S/c35-33(36,34(37,38)39)17-4-16-32(30(43)44,31(45)46)15-2-1-3-18-47-24-12-7-20(8-13-24)28(42)27-25-14-11-23(41)19-26(25)48-29(27)21-5-9-22(40)10-6-21;34-32(35,33(36,37)38)17-4-6-22(31(42)43)5-2-1-3-18-44-25-14-9-20(10-15-25)29(41)28-26-16-13-24(40)19-27(26)45-30(28)21-7-11-23(39)12-8-21/h5-14,19,40-41H,1-4,15-18H2,(H,43,44)(H,45,46);7-16,19,22,39-40H,1-6,17-18H2,(H,42,43). The van der Waals surface area contributed by atoms with Gasteiger partial charge in [-0.2, -0.15) is 43.9 Å². The Morgan fingerprint density at radius 2 is 0.774 bits per heavy atom. The van der Waals surface area contributed by atoms with E-state index in [9.17, 15) is 104 Å². The molecule has 26 heteroatoms. The number of ether oxygens (including phenoxy) is 2. The summed E-state index contributed by atoms with van der Waals surface area (Å²) in [5, 5.41) is 69.1. The number of rotatable bonds is 31. The lowest BCUT2D eigenvalue weighted by Gasteiger charge is -2.26. The van der Waals surface area contributed by atoms with Crippen molar-refractivity contribution in [1.82, 2.24) is 0 Å². The summed E-state index contributed by atoms with van der Waals surface area (Å²) in [7, 11) is 0. The van der Waals surface area contributed by atoms with Gasteiger partial charge in [-0.05, 0) is 196 Å². The number of ketones is 2. The van der Waals surface area contributed by atoms with Crippen molar-refractivity contribution in [3.63, 3.8) is 0 Å². The zero-order valence-corrected chi connectivity index (χ0v) is 50.8. The predicted molar refractivity (Wildman–Crippen MR) is 327 cm³/mol. The second-order valence-electron chi connectivity index (χ2n) is 22.0. The van der Waals surface area contributed by atoms with Crippen molar-refractivity contribution in [2.24, 2.45) is 11.3 Å². The molecule has 6 aromatic carbocycles. The van der Waals surface area contributed by atoms with Gasteiger partial charge in [-0.25, -0.2) is 0 Å². The summed E-state index contributed by atoms with van der Waals surface area (Å²) >= 11 is 2.69.